The molecule has 98 valence electrons. The molecule has 19 heavy (non-hydrogen) atoms. The molecular formula is C15H16N2O2. The molecule has 1 aromatic carbocycles. The van der Waals surface area contributed by atoms with Crippen LogP contribution in [0.5, 0.6) is 0 Å². The van der Waals surface area contributed by atoms with E-state index in [1.807, 2.05) is 17.9 Å². The van der Waals surface area contributed by atoms with Gasteiger partial charge in [0, 0.05) is 30.8 Å². The SMILES string of the molecule is Cn1ncc2cc(C3=CCC(CCC=O)O3)ccc21. The Morgan fingerprint density at radius 1 is 1.53 bits per heavy atom. The topological polar surface area (TPSA) is 44.1 Å². The monoisotopic (exact) mass is 256 g/mol. The summed E-state index contributed by atoms with van der Waals surface area (Å²) < 4.78 is 7.74. The predicted molar refractivity (Wildman–Crippen MR) is 73.5 cm³/mol. The van der Waals surface area contributed by atoms with E-state index >= 15 is 0 Å². The van der Waals surface area contributed by atoms with Crippen LogP contribution in [0.4, 0.5) is 0 Å². The molecule has 1 unspecified atom stereocenters. The third-order valence-electron chi connectivity index (χ3n) is 3.50. The Kier molecular flexibility index (Phi) is 3.07. The fraction of sp³-hybridized carbons (Fsp3) is 0.333. The van der Waals surface area contributed by atoms with Crippen molar-refractivity contribution < 1.29 is 9.53 Å². The predicted octanol–water partition coefficient (Wildman–Crippen LogP) is 2.68. The standard InChI is InChI=1S/C15H16N2O2/c1-17-14-6-4-11(9-12(14)10-16-17)15-7-5-13(19-15)3-2-8-18/h4,6-10,13H,2-3,5H2,1H3. The summed E-state index contributed by atoms with van der Waals surface area (Å²) in [7, 11) is 1.93. The second-order valence-corrected chi connectivity index (χ2v) is 4.83. The largest absolute Gasteiger partial charge is 0.490 e. The minimum absolute atomic E-state index is 0.143. The van der Waals surface area contributed by atoms with Gasteiger partial charge in [0.1, 0.15) is 18.1 Å². The first-order valence-corrected chi connectivity index (χ1v) is 6.50. The fourth-order valence-corrected chi connectivity index (χ4v) is 2.45. The molecule has 1 atom stereocenters. The van der Waals surface area contributed by atoms with Crippen molar-refractivity contribution in [1.82, 2.24) is 9.78 Å². The van der Waals surface area contributed by atoms with Gasteiger partial charge in [0.25, 0.3) is 0 Å². The molecule has 0 saturated heterocycles. The third kappa shape index (κ3) is 2.26. The maximum Gasteiger partial charge on any atom is 0.123 e. The zero-order valence-corrected chi connectivity index (χ0v) is 10.9. The van der Waals surface area contributed by atoms with E-state index in [0.29, 0.717) is 6.42 Å². The molecular weight excluding hydrogens is 240 g/mol. The first kappa shape index (κ1) is 12.0. The lowest BCUT2D eigenvalue weighted by Gasteiger charge is -2.12. The molecule has 0 bridgehead atoms. The fourth-order valence-electron chi connectivity index (χ4n) is 2.45. The highest BCUT2D eigenvalue weighted by Crippen LogP contribution is 2.29. The van der Waals surface area contributed by atoms with Gasteiger partial charge < -0.3 is 9.53 Å². The number of aromatic nitrogens is 2. The Morgan fingerprint density at radius 2 is 2.42 bits per heavy atom. The Bertz CT molecular complexity index is 643. The van der Waals surface area contributed by atoms with Gasteiger partial charge in [0.2, 0.25) is 0 Å². The van der Waals surface area contributed by atoms with Crippen LogP contribution in [0, 0.1) is 0 Å². The van der Waals surface area contributed by atoms with Gasteiger partial charge >= 0.3 is 0 Å². The number of hydrogen-bond acceptors (Lipinski definition) is 3. The number of aldehydes is 1. The Hall–Kier alpha value is -2.10. The van der Waals surface area contributed by atoms with Gasteiger partial charge in [-0.25, -0.2) is 0 Å². The highest BCUT2D eigenvalue weighted by molar-refractivity contribution is 5.82. The first-order valence-electron chi connectivity index (χ1n) is 6.50. The van der Waals surface area contributed by atoms with E-state index in [2.05, 4.69) is 29.4 Å². The highest BCUT2D eigenvalue weighted by Gasteiger charge is 2.19. The molecule has 4 heteroatoms. The zero-order chi connectivity index (χ0) is 13.2. The molecule has 3 rings (SSSR count). The van der Waals surface area contributed by atoms with E-state index < -0.39 is 0 Å². The van der Waals surface area contributed by atoms with E-state index in [1.54, 1.807) is 0 Å². The Morgan fingerprint density at radius 3 is 3.26 bits per heavy atom. The Labute approximate surface area is 111 Å². The zero-order valence-electron chi connectivity index (χ0n) is 10.9. The van der Waals surface area contributed by atoms with Gasteiger partial charge in [0.15, 0.2) is 0 Å². The van der Waals surface area contributed by atoms with Crippen LogP contribution in [0.3, 0.4) is 0 Å². The Balaban J connectivity index is 1.79. The number of hydrogen-bond donors (Lipinski definition) is 0. The van der Waals surface area contributed by atoms with Gasteiger partial charge in [0.05, 0.1) is 11.7 Å². The lowest BCUT2D eigenvalue weighted by molar-refractivity contribution is -0.108. The van der Waals surface area contributed by atoms with Crippen molar-refractivity contribution in [3.8, 4) is 0 Å². The van der Waals surface area contributed by atoms with Crippen LogP contribution in [0.25, 0.3) is 16.7 Å². The van der Waals surface area contributed by atoms with Crippen molar-refractivity contribution in [3.05, 3.63) is 36.0 Å². The minimum Gasteiger partial charge on any atom is -0.490 e. The summed E-state index contributed by atoms with van der Waals surface area (Å²) in [5.41, 5.74) is 2.19. The van der Waals surface area contributed by atoms with Crippen LogP contribution in [0.15, 0.2) is 30.5 Å². The molecule has 0 amide bonds. The van der Waals surface area contributed by atoms with Crippen LogP contribution in [0.2, 0.25) is 0 Å². The summed E-state index contributed by atoms with van der Waals surface area (Å²) in [6, 6.07) is 6.20. The van der Waals surface area contributed by atoms with Crippen molar-refractivity contribution >= 4 is 22.9 Å². The number of aryl methyl sites for hydroxylation is 1. The summed E-state index contributed by atoms with van der Waals surface area (Å²) in [5.74, 6) is 0.918. The van der Waals surface area contributed by atoms with Gasteiger partial charge in [-0.1, -0.05) is 0 Å². The molecule has 4 nitrogen and oxygen atoms in total. The third-order valence-corrected chi connectivity index (χ3v) is 3.50. The summed E-state index contributed by atoms with van der Waals surface area (Å²) in [6.45, 7) is 0. The molecule has 1 aliphatic heterocycles. The second kappa shape index (κ2) is 4.88. The first-order chi connectivity index (χ1) is 9.28. The highest BCUT2D eigenvalue weighted by atomic mass is 16.5. The number of benzene rings is 1. The maximum absolute atomic E-state index is 10.4. The van der Waals surface area contributed by atoms with Crippen molar-refractivity contribution in [2.75, 3.05) is 0 Å². The molecule has 1 aromatic heterocycles. The maximum atomic E-state index is 10.4. The van der Waals surface area contributed by atoms with Crippen LogP contribution in [0.1, 0.15) is 24.8 Å². The molecule has 2 aromatic rings. The molecule has 1 aliphatic rings. The van der Waals surface area contributed by atoms with Gasteiger partial charge in [-0.05, 0) is 30.7 Å². The molecule has 0 N–H and O–H groups in total. The van der Waals surface area contributed by atoms with E-state index in [9.17, 15) is 4.79 Å². The lowest BCUT2D eigenvalue weighted by Crippen LogP contribution is -2.05. The smallest absolute Gasteiger partial charge is 0.123 e. The molecule has 0 radical (unpaired) electrons. The van der Waals surface area contributed by atoms with Crippen LogP contribution < -0.4 is 0 Å². The van der Waals surface area contributed by atoms with E-state index in [4.69, 9.17) is 4.74 Å². The average Bonchev–Trinajstić information content (AvgIpc) is 3.04. The van der Waals surface area contributed by atoms with E-state index in [-0.39, 0.29) is 6.10 Å². The van der Waals surface area contributed by atoms with Crippen molar-refractivity contribution in [2.24, 2.45) is 7.05 Å². The van der Waals surface area contributed by atoms with Crippen LogP contribution in [-0.2, 0) is 16.6 Å². The number of carbonyl (C=O) groups is 1. The van der Waals surface area contributed by atoms with Crippen molar-refractivity contribution in [1.29, 1.82) is 0 Å². The summed E-state index contributed by atoms with van der Waals surface area (Å²) in [5, 5.41) is 5.35. The molecule has 0 aliphatic carbocycles. The van der Waals surface area contributed by atoms with Crippen LogP contribution >= 0.6 is 0 Å². The normalized spacial score (nSPS) is 18.4. The average molecular weight is 256 g/mol. The number of fused-ring (bicyclic) bond motifs is 1. The minimum atomic E-state index is 0.143. The number of ether oxygens (including phenoxy) is 1. The van der Waals surface area contributed by atoms with Gasteiger partial charge in [-0.3, -0.25) is 4.68 Å². The van der Waals surface area contributed by atoms with Crippen molar-refractivity contribution in [3.63, 3.8) is 0 Å². The molecule has 0 saturated carbocycles. The number of rotatable bonds is 4. The van der Waals surface area contributed by atoms with Gasteiger partial charge in [-0.2, -0.15) is 5.10 Å². The second-order valence-electron chi connectivity index (χ2n) is 4.83. The molecule has 0 spiro atoms. The van der Waals surface area contributed by atoms with E-state index in [0.717, 1.165) is 41.4 Å². The number of carbonyl (C=O) groups excluding carboxylic acids is 1. The summed E-state index contributed by atoms with van der Waals surface area (Å²) in [4.78, 5) is 10.4. The van der Waals surface area contributed by atoms with Crippen LogP contribution in [-0.4, -0.2) is 22.2 Å². The molecule has 2 heterocycles. The summed E-state index contributed by atoms with van der Waals surface area (Å²) >= 11 is 0. The number of nitrogens with zero attached hydrogens (tertiary/aromatic N) is 2. The summed E-state index contributed by atoms with van der Waals surface area (Å²) in [6.07, 6.45) is 7.29. The lowest BCUT2D eigenvalue weighted by atomic mass is 10.1. The van der Waals surface area contributed by atoms with Gasteiger partial charge in [-0.15, -0.1) is 0 Å². The molecule has 0 fully saturated rings. The quantitative estimate of drug-likeness (QED) is 0.790. The van der Waals surface area contributed by atoms with E-state index in [1.165, 1.54) is 0 Å². The van der Waals surface area contributed by atoms with Crippen molar-refractivity contribution in [2.45, 2.75) is 25.4 Å².